The minimum absolute atomic E-state index is 0.404. The van der Waals surface area contributed by atoms with Crippen molar-refractivity contribution in [2.45, 2.75) is 33.1 Å². The zero-order chi connectivity index (χ0) is 18.1. The van der Waals surface area contributed by atoms with Gasteiger partial charge in [0.15, 0.2) is 0 Å². The second kappa shape index (κ2) is 9.62. The molecule has 0 spiro atoms. The molecule has 0 saturated heterocycles. The van der Waals surface area contributed by atoms with Gasteiger partial charge < -0.3 is 9.47 Å². The predicted molar refractivity (Wildman–Crippen MR) is 97.4 cm³/mol. The van der Waals surface area contributed by atoms with Crippen molar-refractivity contribution in [3.05, 3.63) is 59.7 Å². The van der Waals surface area contributed by atoms with Gasteiger partial charge in [-0.1, -0.05) is 20.3 Å². The summed E-state index contributed by atoms with van der Waals surface area (Å²) in [4.78, 5) is 22.7. The summed E-state index contributed by atoms with van der Waals surface area (Å²) in [5.41, 5.74) is 0.987. The van der Waals surface area contributed by atoms with Gasteiger partial charge in [0.05, 0.1) is 12.2 Å². The molecule has 2 rings (SSSR count). The summed E-state index contributed by atoms with van der Waals surface area (Å²) >= 11 is 0. The molecule has 0 aromatic heterocycles. The predicted octanol–water partition coefficient (Wildman–Crippen LogP) is 4.92. The molecule has 4 heteroatoms. The Morgan fingerprint density at radius 2 is 1.68 bits per heavy atom. The van der Waals surface area contributed by atoms with E-state index in [2.05, 4.69) is 13.8 Å². The fourth-order valence-corrected chi connectivity index (χ4v) is 2.29. The number of hydrogen-bond donors (Lipinski definition) is 0. The first-order valence-corrected chi connectivity index (χ1v) is 8.62. The topological polar surface area (TPSA) is 52.6 Å². The fraction of sp³-hybridized carbons (Fsp3) is 0.333. The van der Waals surface area contributed by atoms with E-state index in [9.17, 15) is 9.59 Å². The van der Waals surface area contributed by atoms with Crippen LogP contribution in [-0.2, 0) is 0 Å². The van der Waals surface area contributed by atoms with E-state index in [4.69, 9.17) is 9.47 Å². The molecule has 0 aliphatic rings. The maximum Gasteiger partial charge on any atom is 0.343 e. The van der Waals surface area contributed by atoms with Crippen LogP contribution < -0.4 is 9.47 Å². The van der Waals surface area contributed by atoms with Gasteiger partial charge in [-0.3, -0.25) is 4.79 Å². The van der Waals surface area contributed by atoms with Gasteiger partial charge in [0.2, 0.25) is 0 Å². The van der Waals surface area contributed by atoms with Gasteiger partial charge in [0.1, 0.15) is 17.8 Å². The van der Waals surface area contributed by atoms with Gasteiger partial charge in [-0.25, -0.2) is 4.79 Å². The molecule has 0 aliphatic carbocycles. The zero-order valence-corrected chi connectivity index (χ0v) is 14.7. The average Bonchev–Trinajstić information content (AvgIpc) is 2.66. The van der Waals surface area contributed by atoms with Crippen LogP contribution >= 0.6 is 0 Å². The number of carbonyl (C=O) groups is 2. The Morgan fingerprint density at radius 3 is 2.28 bits per heavy atom. The van der Waals surface area contributed by atoms with E-state index < -0.39 is 5.97 Å². The number of hydrogen-bond acceptors (Lipinski definition) is 4. The molecular weight excluding hydrogens is 316 g/mol. The molecule has 0 heterocycles. The zero-order valence-electron chi connectivity index (χ0n) is 14.7. The Balaban J connectivity index is 1.83. The van der Waals surface area contributed by atoms with Crippen LogP contribution in [0.2, 0.25) is 0 Å². The molecule has 0 aliphatic heterocycles. The van der Waals surface area contributed by atoms with Crippen molar-refractivity contribution in [2.24, 2.45) is 5.92 Å². The quantitative estimate of drug-likeness (QED) is 0.281. The molecule has 2 aromatic carbocycles. The van der Waals surface area contributed by atoms with Crippen molar-refractivity contribution in [3.8, 4) is 11.5 Å². The Kier molecular flexibility index (Phi) is 7.20. The van der Waals surface area contributed by atoms with Crippen LogP contribution in [-0.4, -0.2) is 18.9 Å². The first-order chi connectivity index (χ1) is 12.1. The molecule has 0 N–H and O–H groups in total. The van der Waals surface area contributed by atoms with Crippen LogP contribution in [0.5, 0.6) is 11.5 Å². The van der Waals surface area contributed by atoms with E-state index in [1.165, 1.54) is 6.42 Å². The van der Waals surface area contributed by atoms with Crippen molar-refractivity contribution < 1.29 is 19.1 Å². The lowest BCUT2D eigenvalue weighted by atomic mass is 10.0. The third kappa shape index (κ3) is 6.07. The lowest BCUT2D eigenvalue weighted by Crippen LogP contribution is -2.08. The second-order valence-electron chi connectivity index (χ2n) is 6.10. The molecule has 25 heavy (non-hydrogen) atoms. The van der Waals surface area contributed by atoms with Crippen molar-refractivity contribution in [1.82, 2.24) is 0 Å². The van der Waals surface area contributed by atoms with Gasteiger partial charge >= 0.3 is 5.97 Å². The Labute approximate surface area is 148 Å². The smallest absolute Gasteiger partial charge is 0.343 e. The number of aldehydes is 1. The van der Waals surface area contributed by atoms with Gasteiger partial charge in [-0.15, -0.1) is 0 Å². The number of benzene rings is 2. The first kappa shape index (κ1) is 18.7. The van der Waals surface area contributed by atoms with Crippen molar-refractivity contribution >= 4 is 12.3 Å². The van der Waals surface area contributed by atoms with Gasteiger partial charge in [0, 0.05) is 5.56 Å². The van der Waals surface area contributed by atoms with Crippen LogP contribution in [0.15, 0.2) is 48.5 Å². The third-order valence-electron chi connectivity index (χ3n) is 4.12. The molecule has 0 unspecified atom stereocenters. The highest BCUT2D eigenvalue weighted by atomic mass is 16.5. The highest BCUT2D eigenvalue weighted by Crippen LogP contribution is 2.17. The minimum atomic E-state index is -0.442. The molecule has 1 atom stereocenters. The van der Waals surface area contributed by atoms with Crippen molar-refractivity contribution in [1.29, 1.82) is 0 Å². The normalized spacial score (nSPS) is 11.6. The molecule has 0 radical (unpaired) electrons. The van der Waals surface area contributed by atoms with E-state index >= 15 is 0 Å². The lowest BCUT2D eigenvalue weighted by molar-refractivity contribution is 0.0734. The van der Waals surface area contributed by atoms with E-state index in [1.807, 2.05) is 0 Å². The molecule has 0 bridgehead atoms. The largest absolute Gasteiger partial charge is 0.494 e. The number of rotatable bonds is 9. The molecule has 0 fully saturated rings. The number of ether oxygens (including phenoxy) is 2. The molecule has 0 amide bonds. The summed E-state index contributed by atoms with van der Waals surface area (Å²) < 4.78 is 11.0. The van der Waals surface area contributed by atoms with Crippen LogP contribution in [0, 0.1) is 5.92 Å². The monoisotopic (exact) mass is 340 g/mol. The summed E-state index contributed by atoms with van der Waals surface area (Å²) in [5, 5.41) is 0. The minimum Gasteiger partial charge on any atom is -0.494 e. The maximum absolute atomic E-state index is 12.1. The standard InChI is InChI=1S/C21H24O4/c1-3-16(2)5-4-14-24-19-12-8-18(9-13-19)21(23)25-20-10-6-17(15-22)7-11-20/h6-13,15-16H,3-5,14H2,1-2H3/t16-/m0/s1. The van der Waals surface area contributed by atoms with Crippen LogP contribution in [0.3, 0.4) is 0 Å². The summed E-state index contributed by atoms with van der Waals surface area (Å²) in [6.07, 6.45) is 4.11. The molecule has 2 aromatic rings. The summed E-state index contributed by atoms with van der Waals surface area (Å²) in [5.74, 6) is 1.43. The average molecular weight is 340 g/mol. The Morgan fingerprint density at radius 1 is 1.04 bits per heavy atom. The van der Waals surface area contributed by atoms with E-state index in [0.29, 0.717) is 23.5 Å². The van der Waals surface area contributed by atoms with Crippen LogP contribution in [0.25, 0.3) is 0 Å². The van der Waals surface area contributed by atoms with Crippen LogP contribution in [0.1, 0.15) is 53.8 Å². The molecule has 0 saturated carbocycles. The number of carbonyl (C=O) groups excluding carboxylic acids is 2. The van der Waals surface area contributed by atoms with E-state index in [-0.39, 0.29) is 0 Å². The summed E-state index contributed by atoms with van der Waals surface area (Å²) in [6, 6.07) is 13.3. The summed E-state index contributed by atoms with van der Waals surface area (Å²) in [6.45, 7) is 5.12. The SMILES string of the molecule is CC[C@H](C)CCCOc1ccc(C(=O)Oc2ccc(C=O)cc2)cc1. The maximum atomic E-state index is 12.1. The Hall–Kier alpha value is -2.62. The molecule has 132 valence electrons. The second-order valence-corrected chi connectivity index (χ2v) is 6.10. The van der Waals surface area contributed by atoms with Crippen LogP contribution in [0.4, 0.5) is 0 Å². The highest BCUT2D eigenvalue weighted by molar-refractivity contribution is 5.91. The van der Waals surface area contributed by atoms with Gasteiger partial charge in [-0.05, 0) is 67.3 Å². The van der Waals surface area contributed by atoms with Gasteiger partial charge in [0.25, 0.3) is 0 Å². The Bertz CT molecular complexity index is 674. The van der Waals surface area contributed by atoms with Crippen molar-refractivity contribution in [2.75, 3.05) is 6.61 Å². The first-order valence-electron chi connectivity index (χ1n) is 8.62. The summed E-state index contributed by atoms with van der Waals surface area (Å²) in [7, 11) is 0. The highest BCUT2D eigenvalue weighted by Gasteiger charge is 2.09. The van der Waals surface area contributed by atoms with E-state index in [1.54, 1.807) is 48.5 Å². The van der Waals surface area contributed by atoms with Crippen molar-refractivity contribution in [3.63, 3.8) is 0 Å². The molecular formula is C21H24O4. The molecule has 4 nitrogen and oxygen atoms in total. The third-order valence-corrected chi connectivity index (χ3v) is 4.12. The van der Waals surface area contributed by atoms with E-state index in [0.717, 1.165) is 30.8 Å². The lowest BCUT2D eigenvalue weighted by Gasteiger charge is -2.10. The van der Waals surface area contributed by atoms with Gasteiger partial charge in [-0.2, -0.15) is 0 Å². The fourth-order valence-electron chi connectivity index (χ4n) is 2.29. The number of esters is 1.